The zero-order chi connectivity index (χ0) is 13.4. The van der Waals surface area contributed by atoms with Gasteiger partial charge in [0, 0.05) is 30.9 Å². The molecule has 0 unspecified atom stereocenters. The fourth-order valence-electron chi connectivity index (χ4n) is 2.26. The van der Waals surface area contributed by atoms with Gasteiger partial charge in [0.2, 0.25) is 11.9 Å². The summed E-state index contributed by atoms with van der Waals surface area (Å²) >= 11 is 1.61. The summed E-state index contributed by atoms with van der Waals surface area (Å²) in [6.07, 6.45) is 0.481. The van der Waals surface area contributed by atoms with Crippen molar-refractivity contribution in [1.29, 1.82) is 0 Å². The molecule has 0 aromatic carbocycles. The predicted octanol–water partition coefficient (Wildman–Crippen LogP) is 0.908. The standard InChI is InChI=1S/C12H15N5OS/c1-7-6-8-10(15-12(13)16-11(8)19-7)17-4-2-9(18)14-3-5-17/h6H,2-5H2,1H3,(H,14,18)(H2,13,15,16). The Bertz CT molecular complexity index is 638. The van der Waals surface area contributed by atoms with Crippen LogP contribution < -0.4 is 16.0 Å². The molecule has 1 amide bonds. The fourth-order valence-corrected chi connectivity index (χ4v) is 3.14. The molecule has 0 saturated carbocycles. The highest BCUT2D eigenvalue weighted by atomic mass is 32.1. The average Bonchev–Trinajstić information content (AvgIpc) is 2.58. The molecule has 6 nitrogen and oxygen atoms in total. The van der Waals surface area contributed by atoms with Crippen LogP contribution in [0.4, 0.5) is 11.8 Å². The third-order valence-corrected chi connectivity index (χ3v) is 4.07. The third kappa shape index (κ3) is 2.33. The quantitative estimate of drug-likeness (QED) is 0.809. The minimum Gasteiger partial charge on any atom is -0.368 e. The second-order valence-corrected chi connectivity index (χ2v) is 5.80. The van der Waals surface area contributed by atoms with E-state index in [1.165, 1.54) is 4.88 Å². The molecule has 3 N–H and O–H groups in total. The first-order valence-electron chi connectivity index (χ1n) is 6.19. The van der Waals surface area contributed by atoms with Crippen LogP contribution in [0.2, 0.25) is 0 Å². The molecule has 3 heterocycles. The summed E-state index contributed by atoms with van der Waals surface area (Å²) in [5.74, 6) is 1.21. The number of rotatable bonds is 1. The van der Waals surface area contributed by atoms with E-state index in [1.807, 2.05) is 6.92 Å². The molecule has 0 atom stereocenters. The van der Waals surface area contributed by atoms with Crippen molar-refractivity contribution >= 4 is 39.2 Å². The maximum Gasteiger partial charge on any atom is 0.223 e. The number of nitrogens with two attached hydrogens (primary N) is 1. The van der Waals surface area contributed by atoms with Crippen LogP contribution in [-0.4, -0.2) is 35.5 Å². The van der Waals surface area contributed by atoms with Gasteiger partial charge in [0.05, 0.1) is 5.39 Å². The van der Waals surface area contributed by atoms with Crippen LogP contribution in [0.3, 0.4) is 0 Å². The first-order chi connectivity index (χ1) is 9.13. The average molecular weight is 277 g/mol. The SMILES string of the molecule is Cc1cc2c(N3CCNC(=O)CC3)nc(N)nc2s1. The number of nitrogens with zero attached hydrogens (tertiary/aromatic N) is 3. The monoisotopic (exact) mass is 277 g/mol. The summed E-state index contributed by atoms with van der Waals surface area (Å²) in [6.45, 7) is 4.08. The molecular weight excluding hydrogens is 262 g/mol. The molecule has 0 bridgehead atoms. The predicted molar refractivity (Wildman–Crippen MR) is 76.4 cm³/mol. The van der Waals surface area contributed by atoms with Crippen LogP contribution in [0, 0.1) is 6.92 Å². The van der Waals surface area contributed by atoms with Crippen LogP contribution in [0.1, 0.15) is 11.3 Å². The number of nitrogens with one attached hydrogen (secondary N) is 1. The molecule has 2 aromatic heterocycles. The maximum atomic E-state index is 11.4. The molecule has 0 aliphatic carbocycles. The van der Waals surface area contributed by atoms with Gasteiger partial charge in [-0.05, 0) is 13.0 Å². The van der Waals surface area contributed by atoms with Crippen molar-refractivity contribution in [3.63, 3.8) is 0 Å². The van der Waals surface area contributed by atoms with E-state index in [9.17, 15) is 4.79 Å². The molecule has 7 heteroatoms. The summed E-state index contributed by atoms with van der Waals surface area (Å²) in [5.41, 5.74) is 5.78. The Labute approximate surface area is 114 Å². The van der Waals surface area contributed by atoms with E-state index < -0.39 is 0 Å². The van der Waals surface area contributed by atoms with Crippen molar-refractivity contribution < 1.29 is 4.79 Å². The second kappa shape index (κ2) is 4.65. The lowest BCUT2D eigenvalue weighted by Gasteiger charge is -2.21. The molecule has 3 rings (SSSR count). The highest BCUT2D eigenvalue weighted by molar-refractivity contribution is 7.18. The zero-order valence-electron chi connectivity index (χ0n) is 10.6. The van der Waals surface area contributed by atoms with Gasteiger partial charge in [-0.3, -0.25) is 4.79 Å². The van der Waals surface area contributed by atoms with Gasteiger partial charge in [-0.25, -0.2) is 4.98 Å². The number of aromatic nitrogens is 2. The van der Waals surface area contributed by atoms with E-state index in [4.69, 9.17) is 5.73 Å². The highest BCUT2D eigenvalue weighted by Crippen LogP contribution is 2.31. The molecule has 2 aromatic rings. The normalized spacial score (nSPS) is 16.5. The minimum absolute atomic E-state index is 0.0854. The number of carbonyl (C=O) groups is 1. The van der Waals surface area contributed by atoms with Gasteiger partial charge in [0.25, 0.3) is 0 Å². The maximum absolute atomic E-state index is 11.4. The third-order valence-electron chi connectivity index (χ3n) is 3.13. The molecule has 100 valence electrons. The lowest BCUT2D eigenvalue weighted by molar-refractivity contribution is -0.120. The number of carbonyl (C=O) groups excluding carboxylic acids is 1. The topological polar surface area (TPSA) is 84.1 Å². The molecule has 19 heavy (non-hydrogen) atoms. The zero-order valence-corrected chi connectivity index (χ0v) is 11.5. The van der Waals surface area contributed by atoms with Gasteiger partial charge >= 0.3 is 0 Å². The van der Waals surface area contributed by atoms with E-state index in [0.29, 0.717) is 19.5 Å². The Morgan fingerprint density at radius 3 is 3.11 bits per heavy atom. The summed E-state index contributed by atoms with van der Waals surface area (Å²) in [7, 11) is 0. The second-order valence-electron chi connectivity index (χ2n) is 4.57. The molecule has 1 fully saturated rings. The first-order valence-corrected chi connectivity index (χ1v) is 7.00. The number of thiophene rings is 1. The Kier molecular flexibility index (Phi) is 2.98. The minimum atomic E-state index is 0.0854. The molecule has 0 radical (unpaired) electrons. The van der Waals surface area contributed by atoms with Crippen LogP contribution in [0.5, 0.6) is 0 Å². The van der Waals surface area contributed by atoms with Crippen molar-refractivity contribution in [2.45, 2.75) is 13.3 Å². The van der Waals surface area contributed by atoms with E-state index in [-0.39, 0.29) is 11.9 Å². The van der Waals surface area contributed by atoms with Gasteiger partial charge in [0.1, 0.15) is 10.6 Å². The summed E-state index contributed by atoms with van der Waals surface area (Å²) < 4.78 is 0. The Hall–Kier alpha value is -1.89. The number of hydrogen-bond acceptors (Lipinski definition) is 6. The van der Waals surface area contributed by atoms with Crippen LogP contribution in [0.15, 0.2) is 6.07 Å². The number of fused-ring (bicyclic) bond motifs is 1. The number of anilines is 2. The van der Waals surface area contributed by atoms with Crippen LogP contribution in [0.25, 0.3) is 10.2 Å². The lowest BCUT2D eigenvalue weighted by Crippen LogP contribution is -2.29. The van der Waals surface area contributed by atoms with E-state index in [1.54, 1.807) is 11.3 Å². The summed E-state index contributed by atoms with van der Waals surface area (Å²) in [4.78, 5) is 24.2. The molecule has 0 spiro atoms. The summed E-state index contributed by atoms with van der Waals surface area (Å²) in [6, 6.07) is 2.08. The molecule has 1 saturated heterocycles. The largest absolute Gasteiger partial charge is 0.368 e. The Morgan fingerprint density at radius 2 is 2.26 bits per heavy atom. The van der Waals surface area contributed by atoms with Crippen molar-refractivity contribution in [3.8, 4) is 0 Å². The van der Waals surface area contributed by atoms with Crippen molar-refractivity contribution in [1.82, 2.24) is 15.3 Å². The van der Waals surface area contributed by atoms with Gasteiger partial charge in [-0.15, -0.1) is 11.3 Å². The number of amides is 1. The Balaban J connectivity index is 2.05. The van der Waals surface area contributed by atoms with Gasteiger partial charge in [-0.1, -0.05) is 0 Å². The van der Waals surface area contributed by atoms with Crippen LogP contribution in [-0.2, 0) is 4.79 Å². The number of hydrogen-bond donors (Lipinski definition) is 2. The lowest BCUT2D eigenvalue weighted by atomic mass is 10.3. The van der Waals surface area contributed by atoms with Crippen LogP contribution >= 0.6 is 11.3 Å². The highest BCUT2D eigenvalue weighted by Gasteiger charge is 2.19. The van der Waals surface area contributed by atoms with E-state index in [0.717, 1.165) is 22.6 Å². The molecule has 1 aliphatic rings. The van der Waals surface area contributed by atoms with Crippen molar-refractivity contribution in [2.24, 2.45) is 0 Å². The summed E-state index contributed by atoms with van der Waals surface area (Å²) in [5, 5.41) is 3.88. The van der Waals surface area contributed by atoms with Crippen molar-refractivity contribution in [3.05, 3.63) is 10.9 Å². The molecule has 1 aliphatic heterocycles. The van der Waals surface area contributed by atoms with E-state index >= 15 is 0 Å². The van der Waals surface area contributed by atoms with Gasteiger partial charge in [-0.2, -0.15) is 4.98 Å². The van der Waals surface area contributed by atoms with Gasteiger partial charge < -0.3 is 16.0 Å². The fraction of sp³-hybridized carbons (Fsp3) is 0.417. The number of nitrogen functional groups attached to an aromatic ring is 1. The smallest absolute Gasteiger partial charge is 0.223 e. The van der Waals surface area contributed by atoms with Gasteiger partial charge in [0.15, 0.2) is 0 Å². The Morgan fingerprint density at radius 1 is 1.42 bits per heavy atom. The van der Waals surface area contributed by atoms with E-state index in [2.05, 4.69) is 26.3 Å². The van der Waals surface area contributed by atoms with Crippen molar-refractivity contribution in [2.75, 3.05) is 30.3 Å². The molecular formula is C12H15N5OS. The number of aryl methyl sites for hydroxylation is 1. The first kappa shape index (κ1) is 12.2.